The number of hydrogen-bond donors (Lipinski definition) is 0. The fraction of sp³-hybridized carbons (Fsp3) is 0.545. The zero-order valence-electron chi connectivity index (χ0n) is 7.83. The summed E-state index contributed by atoms with van der Waals surface area (Å²) in [5.74, 6) is 0.686. The fourth-order valence-electron chi connectivity index (χ4n) is 1.65. The Bertz CT molecular complexity index is 277. The number of aryl methyl sites for hydroxylation is 1. The molecule has 1 heterocycles. The molecule has 2 heteroatoms. The zero-order valence-corrected chi connectivity index (χ0v) is 8.59. The molecule has 0 N–H and O–H groups in total. The minimum atomic E-state index is 0.182. The first kappa shape index (κ1) is 9.01. The molecule has 1 aliphatic carbocycles. The summed E-state index contributed by atoms with van der Waals surface area (Å²) in [5, 5.41) is 0.182. The van der Waals surface area contributed by atoms with Crippen molar-refractivity contribution in [2.45, 2.75) is 31.6 Å². The molecule has 1 atom stereocenters. The first-order chi connectivity index (χ1) is 6.27. The summed E-state index contributed by atoms with van der Waals surface area (Å²) < 4.78 is 0. The molecule has 1 fully saturated rings. The summed E-state index contributed by atoms with van der Waals surface area (Å²) in [5.41, 5.74) is 2.23. The molecule has 1 saturated carbocycles. The van der Waals surface area contributed by atoms with Gasteiger partial charge in [-0.05, 0) is 37.3 Å². The van der Waals surface area contributed by atoms with Crippen molar-refractivity contribution >= 4 is 11.6 Å². The lowest BCUT2D eigenvalue weighted by molar-refractivity contribution is 0.305. The zero-order chi connectivity index (χ0) is 9.26. The van der Waals surface area contributed by atoms with Crippen LogP contribution in [0.5, 0.6) is 0 Å². The van der Waals surface area contributed by atoms with E-state index in [1.807, 2.05) is 19.2 Å². The highest BCUT2D eigenvalue weighted by atomic mass is 35.5. The predicted octanol–water partition coefficient (Wildman–Crippen LogP) is 3.47. The molecule has 0 aromatic carbocycles. The average molecular weight is 196 g/mol. The maximum absolute atomic E-state index is 6.32. The lowest BCUT2D eigenvalue weighted by Gasteiger charge is -2.29. The van der Waals surface area contributed by atoms with Gasteiger partial charge in [-0.3, -0.25) is 4.98 Å². The van der Waals surface area contributed by atoms with Gasteiger partial charge in [0.25, 0.3) is 0 Å². The first-order valence-electron chi connectivity index (χ1n) is 4.84. The Labute approximate surface area is 84.1 Å². The van der Waals surface area contributed by atoms with Crippen molar-refractivity contribution in [2.75, 3.05) is 0 Å². The van der Waals surface area contributed by atoms with Crippen LogP contribution in [-0.4, -0.2) is 4.98 Å². The molecule has 0 aliphatic heterocycles. The van der Waals surface area contributed by atoms with Crippen molar-refractivity contribution in [3.05, 3.63) is 29.6 Å². The summed E-state index contributed by atoms with van der Waals surface area (Å²) in [6.07, 6.45) is 5.81. The van der Waals surface area contributed by atoms with E-state index >= 15 is 0 Å². The van der Waals surface area contributed by atoms with Gasteiger partial charge in [0.15, 0.2) is 0 Å². The molecule has 0 spiro atoms. The van der Waals surface area contributed by atoms with Crippen LogP contribution in [0.15, 0.2) is 18.3 Å². The Morgan fingerprint density at radius 3 is 2.69 bits per heavy atom. The monoisotopic (exact) mass is 195 g/mol. The molecule has 0 saturated heterocycles. The lowest BCUT2D eigenvalue weighted by atomic mass is 9.81. The van der Waals surface area contributed by atoms with Crippen LogP contribution in [0, 0.1) is 12.8 Å². The van der Waals surface area contributed by atoms with Gasteiger partial charge < -0.3 is 0 Å². The minimum Gasteiger partial charge on any atom is -0.261 e. The van der Waals surface area contributed by atoms with Crippen LogP contribution in [-0.2, 0) is 0 Å². The van der Waals surface area contributed by atoms with E-state index in [9.17, 15) is 0 Å². The van der Waals surface area contributed by atoms with E-state index in [1.165, 1.54) is 24.8 Å². The van der Waals surface area contributed by atoms with Gasteiger partial charge in [0.1, 0.15) is 0 Å². The number of rotatable bonds is 2. The van der Waals surface area contributed by atoms with Gasteiger partial charge >= 0.3 is 0 Å². The van der Waals surface area contributed by atoms with Gasteiger partial charge in [-0.15, -0.1) is 11.6 Å². The third-order valence-electron chi connectivity index (χ3n) is 2.82. The van der Waals surface area contributed by atoms with Crippen LogP contribution >= 0.6 is 11.6 Å². The van der Waals surface area contributed by atoms with Crippen LogP contribution in [0.4, 0.5) is 0 Å². The molecule has 1 aliphatic rings. The molecule has 1 nitrogen and oxygen atoms in total. The van der Waals surface area contributed by atoms with Gasteiger partial charge in [-0.2, -0.15) is 0 Å². The third kappa shape index (κ3) is 1.86. The van der Waals surface area contributed by atoms with Crippen LogP contribution in [0.3, 0.4) is 0 Å². The van der Waals surface area contributed by atoms with Gasteiger partial charge in [0, 0.05) is 11.9 Å². The second-order valence-corrected chi connectivity index (χ2v) is 4.30. The number of nitrogens with zero attached hydrogens (tertiary/aromatic N) is 1. The van der Waals surface area contributed by atoms with E-state index in [2.05, 4.69) is 11.1 Å². The number of aromatic nitrogens is 1. The largest absolute Gasteiger partial charge is 0.261 e. The van der Waals surface area contributed by atoms with E-state index in [4.69, 9.17) is 11.6 Å². The molecule has 1 aromatic rings. The molecule has 70 valence electrons. The standard InChI is InChI=1S/C11H14ClN/c1-8-5-6-10(7-13-8)11(12)9-3-2-4-9/h5-7,9,11H,2-4H2,1H3. The smallest absolute Gasteiger partial charge is 0.0628 e. The van der Waals surface area contributed by atoms with E-state index in [1.54, 1.807) is 0 Å². The van der Waals surface area contributed by atoms with Gasteiger partial charge in [-0.1, -0.05) is 12.5 Å². The van der Waals surface area contributed by atoms with Crippen molar-refractivity contribution in [1.29, 1.82) is 0 Å². The fourth-order valence-corrected chi connectivity index (χ4v) is 2.03. The van der Waals surface area contributed by atoms with Crippen molar-refractivity contribution in [3.63, 3.8) is 0 Å². The quantitative estimate of drug-likeness (QED) is 0.659. The second-order valence-electron chi connectivity index (χ2n) is 3.83. The number of hydrogen-bond acceptors (Lipinski definition) is 1. The van der Waals surface area contributed by atoms with Crippen LogP contribution in [0.1, 0.15) is 35.9 Å². The lowest BCUT2D eigenvalue weighted by Crippen LogP contribution is -2.16. The second kappa shape index (κ2) is 3.67. The average Bonchev–Trinajstić information content (AvgIpc) is 2.02. The number of halogens is 1. The summed E-state index contributed by atoms with van der Waals surface area (Å²) in [6.45, 7) is 2.00. The van der Waals surface area contributed by atoms with E-state index in [0.29, 0.717) is 5.92 Å². The summed E-state index contributed by atoms with van der Waals surface area (Å²) in [7, 11) is 0. The SMILES string of the molecule is Cc1ccc(C(Cl)C2CCC2)cn1. The highest BCUT2D eigenvalue weighted by Crippen LogP contribution is 2.41. The molecule has 1 unspecified atom stereocenters. The molecule has 2 rings (SSSR count). The number of alkyl halides is 1. The normalized spacial score (nSPS) is 19.5. The summed E-state index contributed by atoms with van der Waals surface area (Å²) >= 11 is 6.32. The Hall–Kier alpha value is -0.560. The Morgan fingerprint density at radius 1 is 1.46 bits per heavy atom. The molecule has 0 radical (unpaired) electrons. The van der Waals surface area contributed by atoms with Crippen LogP contribution in [0.25, 0.3) is 0 Å². The maximum atomic E-state index is 6.32. The third-order valence-corrected chi connectivity index (χ3v) is 3.42. The van der Waals surface area contributed by atoms with Crippen LogP contribution < -0.4 is 0 Å². The van der Waals surface area contributed by atoms with Crippen molar-refractivity contribution < 1.29 is 0 Å². The number of pyridine rings is 1. The highest BCUT2D eigenvalue weighted by molar-refractivity contribution is 6.21. The molecule has 13 heavy (non-hydrogen) atoms. The van der Waals surface area contributed by atoms with Crippen LogP contribution in [0.2, 0.25) is 0 Å². The molecule has 0 bridgehead atoms. The maximum Gasteiger partial charge on any atom is 0.0628 e. The van der Waals surface area contributed by atoms with E-state index in [0.717, 1.165) is 5.69 Å². The first-order valence-corrected chi connectivity index (χ1v) is 5.27. The summed E-state index contributed by atoms with van der Waals surface area (Å²) in [6, 6.07) is 4.13. The van der Waals surface area contributed by atoms with Gasteiger partial charge in [0.2, 0.25) is 0 Å². The summed E-state index contributed by atoms with van der Waals surface area (Å²) in [4.78, 5) is 4.26. The topological polar surface area (TPSA) is 12.9 Å². The highest BCUT2D eigenvalue weighted by Gasteiger charge is 2.26. The Morgan fingerprint density at radius 2 is 2.23 bits per heavy atom. The molecule has 0 amide bonds. The van der Waals surface area contributed by atoms with Crippen molar-refractivity contribution in [3.8, 4) is 0 Å². The van der Waals surface area contributed by atoms with Gasteiger partial charge in [0.05, 0.1) is 5.38 Å². The van der Waals surface area contributed by atoms with Gasteiger partial charge in [-0.25, -0.2) is 0 Å². The van der Waals surface area contributed by atoms with E-state index < -0.39 is 0 Å². The molecule has 1 aromatic heterocycles. The Balaban J connectivity index is 2.10. The Kier molecular flexibility index (Phi) is 2.54. The van der Waals surface area contributed by atoms with Crippen molar-refractivity contribution in [2.24, 2.45) is 5.92 Å². The molecular formula is C11H14ClN. The molecular weight excluding hydrogens is 182 g/mol. The predicted molar refractivity (Wildman–Crippen MR) is 54.9 cm³/mol. The van der Waals surface area contributed by atoms with Crippen molar-refractivity contribution in [1.82, 2.24) is 4.98 Å². The minimum absolute atomic E-state index is 0.182. The van der Waals surface area contributed by atoms with E-state index in [-0.39, 0.29) is 5.38 Å².